The highest BCUT2D eigenvalue weighted by Gasteiger charge is 2.12. The van der Waals surface area contributed by atoms with Crippen LogP contribution < -0.4 is 14.2 Å². The summed E-state index contributed by atoms with van der Waals surface area (Å²) in [5.74, 6) is 2.51. The molecule has 1 atom stereocenters. The van der Waals surface area contributed by atoms with Crippen molar-refractivity contribution >= 4 is 6.29 Å². The van der Waals surface area contributed by atoms with Gasteiger partial charge in [-0.15, -0.1) is 0 Å². The maximum atomic E-state index is 10.9. The Labute approximate surface area is 141 Å². The first kappa shape index (κ1) is 21.3. The Morgan fingerprint density at radius 2 is 1.61 bits per heavy atom. The zero-order chi connectivity index (χ0) is 17.7. The van der Waals surface area contributed by atoms with Crippen LogP contribution in [-0.4, -0.2) is 27.1 Å². The maximum Gasteiger partial charge on any atom is 0.157 e. The molecule has 0 amide bonds. The summed E-state index contributed by atoms with van der Waals surface area (Å²) in [7, 11) is 3.01. The number of ether oxygens (including phenoxy) is 3. The Bertz CT molecular complexity index is 418. The van der Waals surface area contributed by atoms with E-state index in [0.29, 0.717) is 35.7 Å². The molecule has 0 aromatic heterocycles. The minimum absolute atomic E-state index is 0.397. The van der Waals surface area contributed by atoms with E-state index in [0.717, 1.165) is 12.3 Å². The minimum Gasteiger partial charge on any atom is -0.496 e. The van der Waals surface area contributed by atoms with Crippen molar-refractivity contribution in [3.05, 3.63) is 17.7 Å². The van der Waals surface area contributed by atoms with Crippen molar-refractivity contribution in [1.29, 1.82) is 0 Å². The van der Waals surface area contributed by atoms with E-state index in [1.165, 1.54) is 33.5 Å². The van der Waals surface area contributed by atoms with Crippen molar-refractivity contribution in [2.75, 3.05) is 20.8 Å². The van der Waals surface area contributed by atoms with E-state index >= 15 is 0 Å². The third-order valence-electron chi connectivity index (χ3n) is 3.59. The smallest absolute Gasteiger partial charge is 0.157 e. The van der Waals surface area contributed by atoms with Crippen LogP contribution in [0.15, 0.2) is 12.1 Å². The third-order valence-corrected chi connectivity index (χ3v) is 3.59. The number of rotatable bonds is 9. The molecule has 132 valence electrons. The Kier molecular flexibility index (Phi) is 11.8. The normalized spacial score (nSPS) is 11.0. The first-order valence-electron chi connectivity index (χ1n) is 8.41. The van der Waals surface area contributed by atoms with E-state index in [9.17, 15) is 4.79 Å². The van der Waals surface area contributed by atoms with E-state index < -0.39 is 0 Å². The van der Waals surface area contributed by atoms with Crippen LogP contribution >= 0.6 is 0 Å². The van der Waals surface area contributed by atoms with Gasteiger partial charge in [0.15, 0.2) is 6.29 Å². The molecule has 0 bridgehead atoms. The second-order valence-electron chi connectivity index (χ2n) is 5.51. The lowest BCUT2D eigenvalue weighted by atomic mass is 10.0. The quantitative estimate of drug-likeness (QED) is 0.590. The average Bonchev–Trinajstić information content (AvgIpc) is 2.59. The van der Waals surface area contributed by atoms with Crippen molar-refractivity contribution in [3.63, 3.8) is 0 Å². The molecule has 0 aliphatic rings. The molecule has 1 aromatic carbocycles. The van der Waals surface area contributed by atoms with E-state index in [4.69, 9.17) is 14.2 Å². The summed E-state index contributed by atoms with van der Waals surface area (Å²) in [6, 6.07) is 3.36. The van der Waals surface area contributed by atoms with E-state index in [2.05, 4.69) is 20.8 Å². The number of aldehydes is 1. The lowest BCUT2D eigenvalue weighted by Crippen LogP contribution is -2.00. The van der Waals surface area contributed by atoms with Gasteiger partial charge >= 0.3 is 0 Å². The summed E-state index contributed by atoms with van der Waals surface area (Å²) in [6.45, 7) is 9.44. The fourth-order valence-corrected chi connectivity index (χ4v) is 2.03. The van der Waals surface area contributed by atoms with Crippen LogP contribution in [0.25, 0.3) is 0 Å². The van der Waals surface area contributed by atoms with E-state index in [-0.39, 0.29) is 0 Å². The Morgan fingerprint density at radius 3 is 1.91 bits per heavy atom. The van der Waals surface area contributed by atoms with E-state index in [1.54, 1.807) is 12.1 Å². The minimum atomic E-state index is 0.397. The summed E-state index contributed by atoms with van der Waals surface area (Å²) in [5.41, 5.74) is 0.397. The molecule has 0 saturated carbocycles. The molecular weight excluding hydrogens is 292 g/mol. The largest absolute Gasteiger partial charge is 0.496 e. The summed E-state index contributed by atoms with van der Waals surface area (Å²) in [6.07, 6.45) is 5.71. The van der Waals surface area contributed by atoms with Crippen molar-refractivity contribution < 1.29 is 19.0 Å². The molecule has 0 unspecified atom stereocenters. The molecule has 0 radical (unpaired) electrons. The zero-order valence-corrected chi connectivity index (χ0v) is 15.5. The van der Waals surface area contributed by atoms with Gasteiger partial charge in [-0.2, -0.15) is 0 Å². The van der Waals surface area contributed by atoms with Gasteiger partial charge in [-0.3, -0.25) is 4.79 Å². The van der Waals surface area contributed by atoms with Crippen LogP contribution in [0.5, 0.6) is 17.2 Å². The average molecular weight is 324 g/mol. The number of methoxy groups -OCH3 is 2. The first-order chi connectivity index (χ1) is 11.1. The maximum absolute atomic E-state index is 10.9. The summed E-state index contributed by atoms with van der Waals surface area (Å²) in [5, 5.41) is 0. The molecule has 0 spiro atoms. The molecule has 0 N–H and O–H groups in total. The molecule has 0 fully saturated rings. The standard InChI is InChI=1S/C12H16O4.C7H16/c1-4-5-16-9-6-11(14-2)10(8-13)12(7-9)15-3;1-4-6-7(3)5-2/h6-8H,4-5H2,1-3H3;7H,4-6H2,1-3H3/t;7-/m.0/s1. The van der Waals surface area contributed by atoms with Crippen molar-refractivity contribution in [1.82, 2.24) is 0 Å². The van der Waals surface area contributed by atoms with Crippen LogP contribution in [0.1, 0.15) is 63.7 Å². The monoisotopic (exact) mass is 324 g/mol. The van der Waals surface area contributed by atoms with Crippen LogP contribution in [0.3, 0.4) is 0 Å². The lowest BCUT2D eigenvalue weighted by Gasteiger charge is -2.12. The van der Waals surface area contributed by atoms with Gasteiger partial charge in [0.05, 0.1) is 26.4 Å². The second kappa shape index (κ2) is 12.8. The molecule has 0 aliphatic heterocycles. The topological polar surface area (TPSA) is 44.8 Å². The number of carbonyl (C=O) groups excluding carboxylic acids is 1. The highest BCUT2D eigenvalue weighted by molar-refractivity contribution is 5.84. The van der Waals surface area contributed by atoms with E-state index in [1.807, 2.05) is 6.92 Å². The van der Waals surface area contributed by atoms with Gasteiger partial charge < -0.3 is 14.2 Å². The highest BCUT2D eigenvalue weighted by Crippen LogP contribution is 2.32. The van der Waals surface area contributed by atoms with Gasteiger partial charge in [-0.1, -0.05) is 47.0 Å². The SMILES string of the molecule is CCCOc1cc(OC)c(C=O)c(OC)c1.CCC[C@@H](C)CC. The molecule has 1 aromatic rings. The molecule has 0 heterocycles. The number of hydrogen-bond donors (Lipinski definition) is 0. The van der Waals surface area contributed by atoms with Crippen LogP contribution in [-0.2, 0) is 0 Å². The van der Waals surface area contributed by atoms with Crippen LogP contribution in [0.4, 0.5) is 0 Å². The third kappa shape index (κ3) is 7.91. The van der Waals surface area contributed by atoms with Gasteiger partial charge in [-0.05, 0) is 12.3 Å². The second-order valence-corrected chi connectivity index (χ2v) is 5.51. The molecule has 0 saturated heterocycles. The van der Waals surface area contributed by atoms with Crippen LogP contribution in [0, 0.1) is 5.92 Å². The predicted molar refractivity (Wildman–Crippen MR) is 95.1 cm³/mol. The first-order valence-corrected chi connectivity index (χ1v) is 8.41. The van der Waals surface area contributed by atoms with Crippen molar-refractivity contribution in [2.45, 2.75) is 53.4 Å². The van der Waals surface area contributed by atoms with Gasteiger partial charge in [0.25, 0.3) is 0 Å². The Balaban J connectivity index is 0.000000585. The van der Waals surface area contributed by atoms with Crippen molar-refractivity contribution in [3.8, 4) is 17.2 Å². The summed E-state index contributed by atoms with van der Waals surface area (Å²) >= 11 is 0. The lowest BCUT2D eigenvalue weighted by molar-refractivity contribution is 0.111. The Morgan fingerprint density at radius 1 is 1.04 bits per heavy atom. The molecule has 1 rings (SSSR count). The van der Waals surface area contributed by atoms with Gasteiger partial charge in [0, 0.05) is 12.1 Å². The molecule has 4 heteroatoms. The van der Waals surface area contributed by atoms with Crippen molar-refractivity contribution in [2.24, 2.45) is 5.92 Å². The number of hydrogen-bond acceptors (Lipinski definition) is 4. The Hall–Kier alpha value is -1.71. The summed E-state index contributed by atoms with van der Waals surface area (Å²) < 4.78 is 15.7. The number of carbonyl (C=O) groups is 1. The number of benzene rings is 1. The highest BCUT2D eigenvalue weighted by atomic mass is 16.5. The molecule has 0 aliphatic carbocycles. The summed E-state index contributed by atoms with van der Waals surface area (Å²) in [4.78, 5) is 10.9. The predicted octanol–water partition coefficient (Wildman–Crippen LogP) is 5.14. The molecular formula is C19H32O4. The fourth-order valence-electron chi connectivity index (χ4n) is 2.03. The van der Waals surface area contributed by atoms with Gasteiger partial charge in [0.1, 0.15) is 17.2 Å². The van der Waals surface area contributed by atoms with Gasteiger partial charge in [-0.25, -0.2) is 0 Å². The fraction of sp³-hybridized carbons (Fsp3) is 0.632. The zero-order valence-electron chi connectivity index (χ0n) is 15.5. The van der Waals surface area contributed by atoms with Crippen LogP contribution in [0.2, 0.25) is 0 Å². The molecule has 4 nitrogen and oxygen atoms in total. The molecule has 23 heavy (non-hydrogen) atoms. The van der Waals surface area contributed by atoms with Gasteiger partial charge in [0.2, 0.25) is 0 Å².